The molecule has 1 saturated carbocycles. The number of amides is 2. The van der Waals surface area contributed by atoms with Crippen LogP contribution in [-0.2, 0) is 38.2 Å². The van der Waals surface area contributed by atoms with Gasteiger partial charge in [0.25, 0.3) is 0 Å². The van der Waals surface area contributed by atoms with E-state index in [4.69, 9.17) is 14.2 Å². The number of carbonyl (C=O) groups excluding carboxylic acids is 5. The molecule has 0 aromatic rings. The fourth-order valence-electron chi connectivity index (χ4n) is 3.18. The van der Waals surface area contributed by atoms with Gasteiger partial charge < -0.3 is 24.4 Å². The molecular weight excluding hydrogens is 360 g/mol. The van der Waals surface area contributed by atoms with Crippen molar-refractivity contribution in [2.45, 2.75) is 71.4 Å². The molecule has 2 amide bonds. The van der Waals surface area contributed by atoms with Crippen molar-refractivity contribution in [3.05, 3.63) is 0 Å². The lowest BCUT2D eigenvalue weighted by Gasteiger charge is -2.47. The van der Waals surface area contributed by atoms with E-state index in [0.29, 0.717) is 0 Å². The van der Waals surface area contributed by atoms with Crippen LogP contribution < -0.4 is 5.32 Å². The van der Waals surface area contributed by atoms with Gasteiger partial charge in [0, 0.05) is 41.7 Å². The summed E-state index contributed by atoms with van der Waals surface area (Å²) >= 11 is 0. The summed E-state index contributed by atoms with van der Waals surface area (Å²) in [6, 6.07) is -1.46. The van der Waals surface area contributed by atoms with Gasteiger partial charge in [0.05, 0.1) is 12.1 Å². The van der Waals surface area contributed by atoms with Crippen LogP contribution >= 0.6 is 0 Å². The standard InChI is InChI=1S/C17H26N2O8/c1-8(20)18-13-7-14(19(6)9(2)21)16(26-11(4)23)17(27-12(5)24)15(13)25-10(3)22/h13-17H,7H2,1-6H3,(H,18,20). The first kappa shape index (κ1) is 22.4. The number of nitrogens with one attached hydrogen (secondary N) is 1. The summed E-state index contributed by atoms with van der Waals surface area (Å²) < 4.78 is 15.9. The van der Waals surface area contributed by atoms with Gasteiger partial charge in [-0.25, -0.2) is 0 Å². The number of carbonyl (C=O) groups is 5. The third-order valence-corrected chi connectivity index (χ3v) is 4.21. The highest BCUT2D eigenvalue weighted by molar-refractivity contribution is 5.75. The summed E-state index contributed by atoms with van der Waals surface area (Å²) in [5.41, 5.74) is 0. The van der Waals surface area contributed by atoms with Gasteiger partial charge >= 0.3 is 17.9 Å². The average Bonchev–Trinajstić information content (AvgIpc) is 2.50. The first-order chi connectivity index (χ1) is 12.4. The first-order valence-electron chi connectivity index (χ1n) is 8.46. The van der Waals surface area contributed by atoms with Crippen LogP contribution in [0.3, 0.4) is 0 Å². The van der Waals surface area contributed by atoms with Gasteiger partial charge in [0.1, 0.15) is 0 Å². The summed E-state index contributed by atoms with van der Waals surface area (Å²) in [6.07, 6.45) is -3.23. The van der Waals surface area contributed by atoms with Gasteiger partial charge in [-0.15, -0.1) is 0 Å². The zero-order valence-corrected chi connectivity index (χ0v) is 16.3. The molecule has 0 bridgehead atoms. The van der Waals surface area contributed by atoms with Gasteiger partial charge in [-0.05, 0) is 6.42 Å². The fraction of sp³-hybridized carbons (Fsp3) is 0.706. The molecule has 27 heavy (non-hydrogen) atoms. The van der Waals surface area contributed by atoms with E-state index in [1.807, 2.05) is 0 Å². The molecule has 0 spiro atoms. The van der Waals surface area contributed by atoms with Gasteiger partial charge in [0.2, 0.25) is 11.8 Å². The first-order valence-corrected chi connectivity index (χ1v) is 8.46. The topological polar surface area (TPSA) is 128 Å². The van der Waals surface area contributed by atoms with Crippen LogP contribution in [0.15, 0.2) is 0 Å². The van der Waals surface area contributed by atoms with E-state index in [1.54, 1.807) is 0 Å². The van der Waals surface area contributed by atoms with E-state index in [1.165, 1.54) is 39.6 Å². The number of hydrogen-bond donors (Lipinski definition) is 1. The molecule has 10 nitrogen and oxygen atoms in total. The maximum atomic E-state index is 11.9. The van der Waals surface area contributed by atoms with Crippen molar-refractivity contribution in [1.29, 1.82) is 0 Å². The Morgan fingerprint density at radius 1 is 0.778 bits per heavy atom. The molecule has 0 aromatic carbocycles. The van der Waals surface area contributed by atoms with Crippen molar-refractivity contribution in [2.24, 2.45) is 0 Å². The number of esters is 3. The third-order valence-electron chi connectivity index (χ3n) is 4.21. The highest BCUT2D eigenvalue weighted by Gasteiger charge is 2.52. The van der Waals surface area contributed by atoms with Crippen LogP contribution in [0.1, 0.15) is 41.0 Å². The largest absolute Gasteiger partial charge is 0.456 e. The quantitative estimate of drug-likeness (QED) is 0.496. The number of likely N-dealkylation sites (N-methyl/N-ethyl adjacent to an activating group) is 1. The number of hydrogen-bond acceptors (Lipinski definition) is 8. The molecule has 0 heterocycles. The molecule has 0 radical (unpaired) electrons. The van der Waals surface area contributed by atoms with E-state index in [2.05, 4.69) is 5.32 Å². The van der Waals surface area contributed by atoms with Gasteiger partial charge in [0.15, 0.2) is 18.3 Å². The van der Waals surface area contributed by atoms with Gasteiger partial charge in [-0.1, -0.05) is 0 Å². The average molecular weight is 386 g/mol. The SMILES string of the molecule is CC(=O)NC1CC(N(C)C(C)=O)C(OC(C)=O)C(OC(C)=O)C1OC(C)=O. The summed E-state index contributed by atoms with van der Waals surface area (Å²) in [7, 11) is 1.51. The van der Waals surface area contributed by atoms with E-state index in [0.717, 1.165) is 6.92 Å². The normalized spacial score (nSPS) is 27.1. The van der Waals surface area contributed by atoms with E-state index in [9.17, 15) is 24.0 Å². The van der Waals surface area contributed by atoms with Crippen molar-refractivity contribution in [3.8, 4) is 0 Å². The van der Waals surface area contributed by atoms with Crippen LogP contribution in [0.4, 0.5) is 0 Å². The van der Waals surface area contributed by atoms with Crippen molar-refractivity contribution in [1.82, 2.24) is 10.2 Å². The zero-order valence-electron chi connectivity index (χ0n) is 16.3. The lowest BCUT2D eigenvalue weighted by atomic mass is 9.82. The molecule has 0 saturated heterocycles. The molecule has 10 heteroatoms. The van der Waals surface area contributed by atoms with Crippen molar-refractivity contribution >= 4 is 29.7 Å². The van der Waals surface area contributed by atoms with Crippen molar-refractivity contribution in [2.75, 3.05) is 7.05 Å². The lowest BCUT2D eigenvalue weighted by Crippen LogP contribution is -2.67. The summed E-state index contributed by atoms with van der Waals surface area (Å²) in [4.78, 5) is 59.7. The molecule has 1 N–H and O–H groups in total. The summed E-state index contributed by atoms with van der Waals surface area (Å²) in [5, 5.41) is 2.65. The number of ether oxygens (including phenoxy) is 3. The van der Waals surface area contributed by atoms with E-state index >= 15 is 0 Å². The molecule has 0 aromatic heterocycles. The maximum absolute atomic E-state index is 11.9. The molecule has 1 rings (SSSR count). The second-order valence-corrected chi connectivity index (χ2v) is 6.46. The highest BCUT2D eigenvalue weighted by Crippen LogP contribution is 2.31. The third kappa shape index (κ3) is 6.22. The van der Waals surface area contributed by atoms with Crippen LogP contribution in [0.5, 0.6) is 0 Å². The fourth-order valence-corrected chi connectivity index (χ4v) is 3.18. The van der Waals surface area contributed by atoms with Crippen molar-refractivity contribution in [3.63, 3.8) is 0 Å². The maximum Gasteiger partial charge on any atom is 0.303 e. The Kier molecular flexibility index (Phi) is 7.74. The van der Waals surface area contributed by atoms with Crippen LogP contribution in [-0.4, -0.2) is 72.1 Å². The summed E-state index contributed by atoms with van der Waals surface area (Å²) in [6.45, 7) is 6.12. The Morgan fingerprint density at radius 2 is 1.22 bits per heavy atom. The number of nitrogens with zero attached hydrogens (tertiary/aromatic N) is 1. The molecule has 1 fully saturated rings. The molecular formula is C17H26N2O8. The summed E-state index contributed by atoms with van der Waals surface area (Å²) in [5.74, 6) is -2.71. The molecule has 5 atom stereocenters. The van der Waals surface area contributed by atoms with Gasteiger partial charge in [-0.3, -0.25) is 24.0 Å². The second kappa shape index (κ2) is 9.33. The number of rotatable bonds is 5. The highest BCUT2D eigenvalue weighted by atomic mass is 16.6. The second-order valence-electron chi connectivity index (χ2n) is 6.46. The van der Waals surface area contributed by atoms with Crippen LogP contribution in [0, 0.1) is 0 Å². The van der Waals surface area contributed by atoms with E-state index in [-0.39, 0.29) is 12.3 Å². The predicted octanol–water partition coefficient (Wildman–Crippen LogP) is -0.463. The molecule has 0 aliphatic heterocycles. The van der Waals surface area contributed by atoms with Gasteiger partial charge in [-0.2, -0.15) is 0 Å². The Hall–Kier alpha value is -2.65. The monoisotopic (exact) mass is 386 g/mol. The Bertz CT molecular complexity index is 620. The Labute approximate surface area is 157 Å². The molecule has 1 aliphatic carbocycles. The smallest absolute Gasteiger partial charge is 0.303 e. The Balaban J connectivity index is 3.42. The molecule has 152 valence electrons. The van der Waals surface area contributed by atoms with Crippen LogP contribution in [0.25, 0.3) is 0 Å². The van der Waals surface area contributed by atoms with E-state index < -0.39 is 54.2 Å². The lowest BCUT2D eigenvalue weighted by molar-refractivity contribution is -0.202. The predicted molar refractivity (Wildman–Crippen MR) is 91.1 cm³/mol. The van der Waals surface area contributed by atoms with Crippen LogP contribution in [0.2, 0.25) is 0 Å². The minimum Gasteiger partial charge on any atom is -0.456 e. The minimum absolute atomic E-state index is 0.128. The minimum atomic E-state index is -1.20. The zero-order chi connectivity index (χ0) is 20.9. The van der Waals surface area contributed by atoms with Crippen molar-refractivity contribution < 1.29 is 38.2 Å². The molecule has 5 unspecified atom stereocenters. The molecule has 1 aliphatic rings. The Morgan fingerprint density at radius 3 is 1.63 bits per heavy atom.